The smallest absolute Gasteiger partial charge is 0.150 e. The second-order valence-electron chi connectivity index (χ2n) is 3.50. The highest BCUT2D eigenvalue weighted by atomic mass is 15.2. The number of aryl methyl sites for hydroxylation is 1. The zero-order valence-corrected chi connectivity index (χ0v) is 8.96. The van der Waals surface area contributed by atoms with Crippen LogP contribution in [0.15, 0.2) is 36.9 Å². The van der Waals surface area contributed by atoms with Gasteiger partial charge in [0.25, 0.3) is 0 Å². The number of hydrazine groups is 1. The molecule has 0 aliphatic carbocycles. The monoisotopic (exact) mass is 215 g/mol. The van der Waals surface area contributed by atoms with Crippen LogP contribution in [0.2, 0.25) is 0 Å². The Bertz CT molecular complexity index is 440. The quantitative estimate of drug-likeness (QED) is 0.583. The summed E-state index contributed by atoms with van der Waals surface area (Å²) < 4.78 is 0. The van der Waals surface area contributed by atoms with Crippen molar-refractivity contribution in [3.8, 4) is 0 Å². The van der Waals surface area contributed by atoms with Crippen LogP contribution in [0.3, 0.4) is 0 Å². The van der Waals surface area contributed by atoms with E-state index in [-0.39, 0.29) is 6.04 Å². The predicted molar refractivity (Wildman–Crippen MR) is 60.2 cm³/mol. The van der Waals surface area contributed by atoms with Crippen LogP contribution in [0, 0.1) is 6.92 Å². The maximum absolute atomic E-state index is 5.52. The van der Waals surface area contributed by atoms with Gasteiger partial charge >= 0.3 is 0 Å². The van der Waals surface area contributed by atoms with Crippen LogP contribution in [0.25, 0.3) is 0 Å². The van der Waals surface area contributed by atoms with Crippen LogP contribution >= 0.6 is 0 Å². The summed E-state index contributed by atoms with van der Waals surface area (Å²) in [6.45, 7) is 1.94. The Morgan fingerprint density at radius 3 is 2.56 bits per heavy atom. The number of aromatic nitrogens is 3. The van der Waals surface area contributed by atoms with Gasteiger partial charge in [-0.2, -0.15) is 0 Å². The van der Waals surface area contributed by atoms with Gasteiger partial charge in [0.05, 0.1) is 0 Å². The molecule has 0 aliphatic heterocycles. The molecular weight excluding hydrogens is 202 g/mol. The van der Waals surface area contributed by atoms with Crippen molar-refractivity contribution < 1.29 is 0 Å². The second kappa shape index (κ2) is 4.78. The first-order chi connectivity index (χ1) is 7.81. The summed E-state index contributed by atoms with van der Waals surface area (Å²) in [4.78, 5) is 12.5. The topological polar surface area (TPSA) is 76.7 Å². The SMILES string of the molecule is Cc1cnc(C(NN)c2cccnc2)nc1. The van der Waals surface area contributed by atoms with E-state index >= 15 is 0 Å². The summed E-state index contributed by atoms with van der Waals surface area (Å²) in [5.74, 6) is 6.16. The standard InChI is InChI=1S/C11H13N5/c1-8-5-14-11(15-6-8)10(16-12)9-3-2-4-13-7-9/h2-7,10,16H,12H2,1H3. The van der Waals surface area contributed by atoms with Crippen molar-refractivity contribution in [1.82, 2.24) is 20.4 Å². The Hall–Kier alpha value is -1.85. The van der Waals surface area contributed by atoms with Crippen molar-refractivity contribution in [3.05, 3.63) is 53.9 Å². The Morgan fingerprint density at radius 1 is 1.25 bits per heavy atom. The Labute approximate surface area is 93.7 Å². The molecule has 82 valence electrons. The van der Waals surface area contributed by atoms with Gasteiger partial charge in [-0.1, -0.05) is 6.07 Å². The molecule has 0 radical (unpaired) electrons. The lowest BCUT2D eigenvalue weighted by Gasteiger charge is -2.14. The number of hydrogen-bond donors (Lipinski definition) is 2. The molecule has 0 aromatic carbocycles. The van der Waals surface area contributed by atoms with Gasteiger partial charge in [-0.05, 0) is 24.1 Å². The zero-order valence-electron chi connectivity index (χ0n) is 8.96. The van der Waals surface area contributed by atoms with Crippen LogP contribution in [0.5, 0.6) is 0 Å². The molecule has 1 unspecified atom stereocenters. The summed E-state index contributed by atoms with van der Waals surface area (Å²) in [6, 6.07) is 3.56. The number of nitrogens with one attached hydrogen (secondary N) is 1. The largest absolute Gasteiger partial charge is 0.270 e. The fraction of sp³-hybridized carbons (Fsp3) is 0.182. The van der Waals surface area contributed by atoms with Crippen LogP contribution < -0.4 is 11.3 Å². The molecule has 5 nitrogen and oxygen atoms in total. The molecule has 1 atom stereocenters. The third-order valence-corrected chi connectivity index (χ3v) is 2.24. The number of pyridine rings is 1. The molecule has 2 heterocycles. The van der Waals surface area contributed by atoms with Crippen molar-refractivity contribution in [1.29, 1.82) is 0 Å². The molecule has 0 aliphatic rings. The van der Waals surface area contributed by atoms with E-state index in [1.807, 2.05) is 19.1 Å². The first-order valence-corrected chi connectivity index (χ1v) is 4.96. The van der Waals surface area contributed by atoms with Crippen LogP contribution in [-0.2, 0) is 0 Å². The molecule has 2 aromatic rings. The van der Waals surface area contributed by atoms with Crippen molar-refractivity contribution in [3.63, 3.8) is 0 Å². The van der Waals surface area contributed by atoms with Crippen LogP contribution in [0.4, 0.5) is 0 Å². The molecule has 3 N–H and O–H groups in total. The van der Waals surface area contributed by atoms with E-state index in [2.05, 4.69) is 20.4 Å². The van der Waals surface area contributed by atoms with E-state index in [0.29, 0.717) is 5.82 Å². The molecule has 0 fully saturated rings. The van der Waals surface area contributed by atoms with Gasteiger partial charge < -0.3 is 0 Å². The summed E-state index contributed by atoms with van der Waals surface area (Å²) in [6.07, 6.45) is 6.99. The van der Waals surface area contributed by atoms with Crippen LogP contribution in [0.1, 0.15) is 23.0 Å². The van der Waals surface area contributed by atoms with E-state index in [1.54, 1.807) is 24.8 Å². The second-order valence-corrected chi connectivity index (χ2v) is 3.50. The van der Waals surface area contributed by atoms with Crippen LogP contribution in [-0.4, -0.2) is 15.0 Å². The van der Waals surface area contributed by atoms with E-state index in [1.165, 1.54) is 0 Å². The molecule has 0 spiro atoms. The zero-order chi connectivity index (χ0) is 11.4. The molecule has 0 bridgehead atoms. The number of hydrogen-bond acceptors (Lipinski definition) is 5. The number of nitrogens with two attached hydrogens (primary N) is 1. The highest BCUT2D eigenvalue weighted by molar-refractivity contribution is 5.21. The average molecular weight is 215 g/mol. The van der Waals surface area contributed by atoms with Gasteiger partial charge in [0.2, 0.25) is 0 Å². The summed E-state index contributed by atoms with van der Waals surface area (Å²) in [5.41, 5.74) is 4.65. The molecule has 0 saturated carbocycles. The summed E-state index contributed by atoms with van der Waals surface area (Å²) in [7, 11) is 0. The number of rotatable bonds is 3. The fourth-order valence-electron chi connectivity index (χ4n) is 1.42. The lowest BCUT2D eigenvalue weighted by atomic mass is 10.1. The van der Waals surface area contributed by atoms with Gasteiger partial charge in [0.15, 0.2) is 5.82 Å². The first-order valence-electron chi connectivity index (χ1n) is 4.96. The van der Waals surface area contributed by atoms with Gasteiger partial charge in [0.1, 0.15) is 6.04 Å². The van der Waals surface area contributed by atoms with E-state index in [9.17, 15) is 0 Å². The lowest BCUT2D eigenvalue weighted by Crippen LogP contribution is -2.30. The van der Waals surface area contributed by atoms with E-state index < -0.39 is 0 Å². The maximum atomic E-state index is 5.52. The third-order valence-electron chi connectivity index (χ3n) is 2.24. The molecular formula is C11H13N5. The van der Waals surface area contributed by atoms with Gasteiger partial charge in [-0.3, -0.25) is 10.8 Å². The lowest BCUT2D eigenvalue weighted by molar-refractivity contribution is 0.599. The van der Waals surface area contributed by atoms with Crippen molar-refractivity contribution >= 4 is 0 Å². The average Bonchev–Trinajstić information content (AvgIpc) is 2.34. The molecule has 0 saturated heterocycles. The van der Waals surface area contributed by atoms with E-state index in [4.69, 9.17) is 5.84 Å². The minimum Gasteiger partial charge on any atom is -0.270 e. The molecule has 5 heteroatoms. The Morgan fingerprint density at radius 2 is 2.00 bits per heavy atom. The maximum Gasteiger partial charge on any atom is 0.150 e. The van der Waals surface area contributed by atoms with Gasteiger partial charge in [0, 0.05) is 24.8 Å². The van der Waals surface area contributed by atoms with E-state index in [0.717, 1.165) is 11.1 Å². The third kappa shape index (κ3) is 2.21. The summed E-state index contributed by atoms with van der Waals surface area (Å²) >= 11 is 0. The number of nitrogens with zero attached hydrogens (tertiary/aromatic N) is 3. The van der Waals surface area contributed by atoms with Gasteiger partial charge in [-0.15, -0.1) is 0 Å². The molecule has 16 heavy (non-hydrogen) atoms. The minimum atomic E-state index is -0.228. The summed E-state index contributed by atoms with van der Waals surface area (Å²) in [5, 5.41) is 0. The van der Waals surface area contributed by atoms with Crippen molar-refractivity contribution in [2.45, 2.75) is 13.0 Å². The predicted octanol–water partition coefficient (Wildman–Crippen LogP) is 0.733. The fourth-order valence-corrected chi connectivity index (χ4v) is 1.42. The highest BCUT2D eigenvalue weighted by Crippen LogP contribution is 2.16. The molecule has 2 aromatic heterocycles. The van der Waals surface area contributed by atoms with Crippen molar-refractivity contribution in [2.75, 3.05) is 0 Å². The molecule has 0 amide bonds. The Balaban J connectivity index is 2.33. The minimum absolute atomic E-state index is 0.228. The normalized spacial score (nSPS) is 12.4. The Kier molecular flexibility index (Phi) is 3.19. The van der Waals surface area contributed by atoms with Crippen molar-refractivity contribution in [2.24, 2.45) is 5.84 Å². The molecule has 2 rings (SSSR count). The highest BCUT2D eigenvalue weighted by Gasteiger charge is 2.14. The first kappa shape index (κ1) is 10.7. The van der Waals surface area contributed by atoms with Gasteiger partial charge in [-0.25, -0.2) is 15.4 Å².